The fourth-order valence-corrected chi connectivity index (χ4v) is 0.690. The summed E-state index contributed by atoms with van der Waals surface area (Å²) in [5.74, 6) is -0.167. The molecule has 5 nitrogen and oxygen atoms in total. The van der Waals surface area contributed by atoms with E-state index in [0.717, 1.165) is 6.08 Å². The molecular formula is C8H10N2O3. The van der Waals surface area contributed by atoms with Crippen LogP contribution in [0.5, 0.6) is 0 Å². The highest BCUT2D eigenvalue weighted by atomic mass is 16.4. The number of carbonyl (C=O) groups is 1. The van der Waals surface area contributed by atoms with Crippen molar-refractivity contribution in [2.45, 2.75) is 19.8 Å². The average Bonchev–Trinajstić information content (AvgIpc) is 2.48. The molecule has 0 aliphatic rings. The van der Waals surface area contributed by atoms with Crippen LogP contribution in [-0.2, 0) is 4.79 Å². The molecule has 0 atom stereocenters. The number of aliphatic carboxylic acids is 1. The van der Waals surface area contributed by atoms with Crippen molar-refractivity contribution < 1.29 is 14.3 Å². The van der Waals surface area contributed by atoms with Gasteiger partial charge in [0.2, 0.25) is 11.8 Å². The number of nitrogens with zero attached hydrogens (tertiary/aromatic N) is 2. The third-order valence-electron chi connectivity index (χ3n) is 1.32. The zero-order valence-corrected chi connectivity index (χ0v) is 7.39. The summed E-state index contributed by atoms with van der Waals surface area (Å²) in [5, 5.41) is 15.7. The zero-order valence-electron chi connectivity index (χ0n) is 7.39. The maximum atomic E-state index is 10.1. The van der Waals surface area contributed by atoms with Crippen LogP contribution in [0.2, 0.25) is 0 Å². The van der Waals surface area contributed by atoms with Crippen molar-refractivity contribution in [1.29, 1.82) is 0 Å². The fourth-order valence-electron chi connectivity index (χ4n) is 0.690. The van der Waals surface area contributed by atoms with E-state index >= 15 is 0 Å². The van der Waals surface area contributed by atoms with Gasteiger partial charge in [0.1, 0.15) is 0 Å². The van der Waals surface area contributed by atoms with Crippen molar-refractivity contribution in [1.82, 2.24) is 10.2 Å². The van der Waals surface area contributed by atoms with Gasteiger partial charge in [-0.15, -0.1) is 10.2 Å². The first-order valence-electron chi connectivity index (χ1n) is 3.84. The van der Waals surface area contributed by atoms with Gasteiger partial charge in [0, 0.05) is 18.1 Å². The van der Waals surface area contributed by atoms with Crippen LogP contribution in [0.3, 0.4) is 0 Å². The van der Waals surface area contributed by atoms with Crippen molar-refractivity contribution in [3.05, 3.63) is 17.9 Å². The summed E-state index contributed by atoms with van der Waals surface area (Å²) >= 11 is 0. The molecule has 1 rings (SSSR count). The van der Waals surface area contributed by atoms with E-state index in [1.807, 2.05) is 13.8 Å². The molecule has 0 bridgehead atoms. The summed E-state index contributed by atoms with van der Waals surface area (Å²) in [6, 6.07) is 0. The summed E-state index contributed by atoms with van der Waals surface area (Å²) < 4.78 is 5.12. The Kier molecular flexibility index (Phi) is 2.79. The van der Waals surface area contributed by atoms with Crippen LogP contribution in [-0.4, -0.2) is 21.3 Å². The van der Waals surface area contributed by atoms with Gasteiger partial charge in [0.05, 0.1) is 0 Å². The molecule has 70 valence electrons. The molecule has 0 spiro atoms. The lowest BCUT2D eigenvalue weighted by Crippen LogP contribution is -1.85. The normalized spacial score (nSPS) is 11.3. The Labute approximate surface area is 75.1 Å². The van der Waals surface area contributed by atoms with Crippen molar-refractivity contribution in [3.8, 4) is 0 Å². The molecule has 5 heteroatoms. The molecule has 0 saturated heterocycles. The molecule has 1 aromatic rings. The van der Waals surface area contributed by atoms with Gasteiger partial charge in [-0.25, -0.2) is 4.79 Å². The van der Waals surface area contributed by atoms with Crippen LogP contribution < -0.4 is 0 Å². The van der Waals surface area contributed by atoms with Crippen LogP contribution in [0.25, 0.3) is 6.08 Å². The number of hydrogen-bond donors (Lipinski definition) is 1. The lowest BCUT2D eigenvalue weighted by atomic mass is 10.2. The van der Waals surface area contributed by atoms with E-state index in [1.165, 1.54) is 6.08 Å². The van der Waals surface area contributed by atoms with Crippen molar-refractivity contribution in [3.63, 3.8) is 0 Å². The van der Waals surface area contributed by atoms with Gasteiger partial charge in [-0.05, 0) is 0 Å². The minimum Gasteiger partial charge on any atom is -0.478 e. The summed E-state index contributed by atoms with van der Waals surface area (Å²) in [7, 11) is 0. The highest BCUT2D eigenvalue weighted by Crippen LogP contribution is 2.12. The second-order valence-corrected chi connectivity index (χ2v) is 2.80. The molecule has 0 unspecified atom stereocenters. The van der Waals surface area contributed by atoms with Gasteiger partial charge in [-0.2, -0.15) is 0 Å². The number of rotatable bonds is 3. The molecule has 0 saturated carbocycles. The van der Waals surface area contributed by atoms with E-state index in [-0.39, 0.29) is 11.8 Å². The van der Waals surface area contributed by atoms with Crippen LogP contribution in [0, 0.1) is 0 Å². The minimum atomic E-state index is -1.04. The first-order chi connectivity index (χ1) is 6.09. The molecule has 0 fully saturated rings. The maximum absolute atomic E-state index is 10.1. The van der Waals surface area contributed by atoms with Gasteiger partial charge < -0.3 is 9.52 Å². The van der Waals surface area contributed by atoms with Crippen molar-refractivity contribution in [2.75, 3.05) is 0 Å². The Morgan fingerprint density at radius 2 is 2.23 bits per heavy atom. The lowest BCUT2D eigenvalue weighted by Gasteiger charge is -1.92. The van der Waals surface area contributed by atoms with Crippen LogP contribution in [0.4, 0.5) is 0 Å². The van der Waals surface area contributed by atoms with Crippen molar-refractivity contribution in [2.24, 2.45) is 0 Å². The zero-order chi connectivity index (χ0) is 9.84. The molecule has 0 aliphatic carbocycles. The van der Waals surface area contributed by atoms with E-state index in [9.17, 15) is 4.79 Å². The van der Waals surface area contributed by atoms with E-state index in [1.54, 1.807) is 0 Å². The average molecular weight is 182 g/mol. The topological polar surface area (TPSA) is 76.2 Å². The van der Waals surface area contributed by atoms with Gasteiger partial charge in [0.25, 0.3) is 0 Å². The minimum absolute atomic E-state index is 0.152. The second-order valence-electron chi connectivity index (χ2n) is 2.80. The Bertz CT molecular complexity index is 328. The molecule has 0 aromatic carbocycles. The van der Waals surface area contributed by atoms with Gasteiger partial charge in [-0.1, -0.05) is 13.8 Å². The number of carboxylic acid groups (broad SMARTS) is 1. The summed E-state index contributed by atoms with van der Waals surface area (Å²) in [6.45, 7) is 3.83. The number of carboxylic acids is 1. The van der Waals surface area contributed by atoms with E-state index in [4.69, 9.17) is 9.52 Å². The number of hydrogen-bond acceptors (Lipinski definition) is 4. The third-order valence-corrected chi connectivity index (χ3v) is 1.32. The monoisotopic (exact) mass is 182 g/mol. The predicted molar refractivity (Wildman–Crippen MR) is 45.1 cm³/mol. The highest BCUT2D eigenvalue weighted by Gasteiger charge is 2.07. The molecule has 1 N–H and O–H groups in total. The van der Waals surface area contributed by atoms with Crippen LogP contribution in [0.15, 0.2) is 10.5 Å². The first-order valence-corrected chi connectivity index (χ1v) is 3.84. The summed E-state index contributed by atoms with van der Waals surface area (Å²) in [6.07, 6.45) is 2.22. The number of aromatic nitrogens is 2. The Morgan fingerprint density at radius 3 is 2.69 bits per heavy atom. The summed E-state index contributed by atoms with van der Waals surface area (Å²) in [5.41, 5.74) is 0. The Morgan fingerprint density at radius 1 is 1.54 bits per heavy atom. The quantitative estimate of drug-likeness (QED) is 0.713. The highest BCUT2D eigenvalue weighted by molar-refractivity contribution is 5.84. The lowest BCUT2D eigenvalue weighted by molar-refractivity contribution is -0.131. The van der Waals surface area contributed by atoms with Crippen LogP contribution in [0.1, 0.15) is 31.5 Å². The standard InChI is InChI=1S/C8H10N2O3/c1-5(2)8-10-9-6(13-8)3-4-7(11)12/h3-5H,1-2H3,(H,11,12)/b4-3-. The predicted octanol–water partition coefficient (Wildman–Crippen LogP) is 1.29. The smallest absolute Gasteiger partial charge is 0.328 e. The molecule has 0 radical (unpaired) electrons. The van der Waals surface area contributed by atoms with Gasteiger partial charge in [-0.3, -0.25) is 0 Å². The van der Waals surface area contributed by atoms with Crippen LogP contribution >= 0.6 is 0 Å². The molecule has 0 amide bonds. The largest absolute Gasteiger partial charge is 0.478 e. The summed E-state index contributed by atoms with van der Waals surface area (Å²) in [4.78, 5) is 10.1. The van der Waals surface area contributed by atoms with Crippen molar-refractivity contribution >= 4 is 12.0 Å². The van der Waals surface area contributed by atoms with Gasteiger partial charge in [0.15, 0.2) is 0 Å². The Balaban J connectivity index is 2.75. The first kappa shape index (κ1) is 9.44. The van der Waals surface area contributed by atoms with E-state index < -0.39 is 5.97 Å². The molecule has 0 aliphatic heterocycles. The SMILES string of the molecule is CC(C)c1nnc(/C=C\C(=O)O)o1. The molecule has 13 heavy (non-hydrogen) atoms. The molecule has 1 heterocycles. The van der Waals surface area contributed by atoms with Gasteiger partial charge >= 0.3 is 5.97 Å². The molecular weight excluding hydrogens is 172 g/mol. The fraction of sp³-hybridized carbons (Fsp3) is 0.375. The Hall–Kier alpha value is -1.65. The van der Waals surface area contributed by atoms with E-state index in [0.29, 0.717) is 5.89 Å². The maximum Gasteiger partial charge on any atom is 0.328 e. The molecule has 1 aromatic heterocycles. The third kappa shape index (κ3) is 2.70. The van der Waals surface area contributed by atoms with E-state index in [2.05, 4.69) is 10.2 Å². The second kappa shape index (κ2) is 3.84.